The largest absolute Gasteiger partial charge is 0.507 e. The highest BCUT2D eigenvalue weighted by molar-refractivity contribution is 7.99. The third kappa shape index (κ3) is 7.20. The molecular formula is C22H22N4O2S2. The second-order valence-corrected chi connectivity index (χ2v) is 8.33. The maximum atomic E-state index is 9.69. The van der Waals surface area contributed by atoms with Crippen molar-refractivity contribution >= 4 is 36.0 Å². The first-order valence-corrected chi connectivity index (χ1v) is 11.3. The molecule has 0 spiro atoms. The topological polar surface area (TPSA) is 91.0 Å². The summed E-state index contributed by atoms with van der Waals surface area (Å²) in [6.45, 7) is 1.26. The molecule has 0 aliphatic heterocycles. The highest BCUT2D eigenvalue weighted by Gasteiger charge is 2.00. The van der Waals surface area contributed by atoms with E-state index >= 15 is 0 Å². The van der Waals surface area contributed by atoms with Crippen molar-refractivity contribution in [1.29, 1.82) is 0 Å². The van der Waals surface area contributed by atoms with E-state index in [0.29, 0.717) is 24.2 Å². The van der Waals surface area contributed by atoms with Gasteiger partial charge in [0.15, 0.2) is 0 Å². The minimum atomic E-state index is 0.233. The smallest absolute Gasteiger partial charge is 0.124 e. The number of rotatable bonds is 10. The minimum Gasteiger partial charge on any atom is -0.507 e. The first-order chi connectivity index (χ1) is 14.7. The summed E-state index contributed by atoms with van der Waals surface area (Å²) in [7, 11) is 0. The molecule has 0 aliphatic carbocycles. The molecule has 0 saturated carbocycles. The summed E-state index contributed by atoms with van der Waals surface area (Å²) in [4.78, 5) is 8.67. The molecule has 6 nitrogen and oxygen atoms in total. The van der Waals surface area contributed by atoms with Gasteiger partial charge in [-0.25, -0.2) is 0 Å². The molecule has 0 unspecified atom stereocenters. The van der Waals surface area contributed by atoms with E-state index in [9.17, 15) is 10.2 Å². The average Bonchev–Trinajstić information content (AvgIpc) is 2.77. The lowest BCUT2D eigenvalue weighted by Gasteiger charge is -2.01. The number of aromatic nitrogens is 2. The van der Waals surface area contributed by atoms with E-state index in [2.05, 4.69) is 20.2 Å². The Morgan fingerprint density at radius 2 is 1.10 bits per heavy atom. The molecule has 3 aromatic rings. The van der Waals surface area contributed by atoms with Gasteiger partial charge < -0.3 is 10.2 Å². The van der Waals surface area contributed by atoms with Crippen LogP contribution in [0.4, 0.5) is 0 Å². The minimum absolute atomic E-state index is 0.233. The van der Waals surface area contributed by atoms with Crippen LogP contribution < -0.4 is 0 Å². The number of benzene rings is 2. The highest BCUT2D eigenvalue weighted by atomic mass is 32.2. The Morgan fingerprint density at radius 3 is 1.50 bits per heavy atom. The SMILES string of the molecule is Oc1ccccc1C=NCCSc1ccc(SCCN=Cc2ccccc2O)nn1. The molecule has 2 N–H and O–H groups in total. The zero-order valence-electron chi connectivity index (χ0n) is 16.3. The second kappa shape index (κ2) is 12.0. The standard InChI is InChI=1S/C22H22N4O2S2/c27-19-7-3-1-5-17(19)15-23-11-13-29-21-9-10-22(26-25-21)30-14-12-24-16-18-6-2-4-8-20(18)28/h1-10,15-16,27-28H,11-14H2. The molecule has 8 heteroatoms. The molecule has 30 heavy (non-hydrogen) atoms. The number of nitrogens with zero attached hydrogens (tertiary/aromatic N) is 4. The van der Waals surface area contributed by atoms with Crippen LogP contribution in [0.1, 0.15) is 11.1 Å². The lowest BCUT2D eigenvalue weighted by Crippen LogP contribution is -1.93. The first-order valence-electron chi connectivity index (χ1n) is 9.37. The number of phenols is 2. The van der Waals surface area contributed by atoms with Crippen molar-refractivity contribution in [2.45, 2.75) is 10.1 Å². The summed E-state index contributed by atoms with van der Waals surface area (Å²) in [5, 5.41) is 29.6. The van der Waals surface area contributed by atoms with Gasteiger partial charge >= 0.3 is 0 Å². The molecule has 0 aliphatic rings. The fraction of sp³-hybridized carbons (Fsp3) is 0.182. The predicted octanol–water partition coefficient (Wildman–Crippen LogP) is 4.31. The number of aromatic hydroxyl groups is 2. The van der Waals surface area contributed by atoms with Crippen molar-refractivity contribution in [1.82, 2.24) is 10.2 Å². The maximum absolute atomic E-state index is 9.69. The van der Waals surface area contributed by atoms with Gasteiger partial charge in [-0.1, -0.05) is 24.3 Å². The van der Waals surface area contributed by atoms with E-state index in [4.69, 9.17) is 0 Å². The van der Waals surface area contributed by atoms with Crippen LogP contribution in [0.15, 0.2) is 80.7 Å². The van der Waals surface area contributed by atoms with Gasteiger partial charge in [-0.05, 0) is 36.4 Å². The Bertz CT molecular complexity index is 914. The quantitative estimate of drug-likeness (QED) is 0.278. The molecule has 0 saturated heterocycles. The third-order valence-corrected chi connectivity index (χ3v) is 5.69. The number of hydrogen-bond donors (Lipinski definition) is 2. The number of hydrogen-bond acceptors (Lipinski definition) is 8. The van der Waals surface area contributed by atoms with Gasteiger partial charge in [0.2, 0.25) is 0 Å². The Labute approximate surface area is 184 Å². The summed E-state index contributed by atoms with van der Waals surface area (Å²) in [5.41, 5.74) is 1.43. The van der Waals surface area contributed by atoms with E-state index in [1.165, 1.54) is 0 Å². The summed E-state index contributed by atoms with van der Waals surface area (Å²) in [6, 6.07) is 18.2. The molecule has 0 radical (unpaired) electrons. The predicted molar refractivity (Wildman–Crippen MR) is 125 cm³/mol. The zero-order valence-corrected chi connectivity index (χ0v) is 17.9. The summed E-state index contributed by atoms with van der Waals surface area (Å²) < 4.78 is 0. The monoisotopic (exact) mass is 438 g/mol. The maximum Gasteiger partial charge on any atom is 0.124 e. The molecule has 1 aromatic heterocycles. The lowest BCUT2D eigenvalue weighted by atomic mass is 10.2. The second-order valence-electron chi connectivity index (χ2n) is 6.09. The summed E-state index contributed by atoms with van der Waals surface area (Å²) >= 11 is 3.19. The third-order valence-electron chi connectivity index (χ3n) is 3.89. The van der Waals surface area contributed by atoms with E-state index < -0.39 is 0 Å². The number of thioether (sulfide) groups is 2. The number of para-hydroxylation sites is 2. The van der Waals surface area contributed by atoms with Crippen molar-refractivity contribution in [2.75, 3.05) is 24.6 Å². The van der Waals surface area contributed by atoms with Crippen LogP contribution in [-0.2, 0) is 0 Å². The van der Waals surface area contributed by atoms with Crippen molar-refractivity contribution in [3.63, 3.8) is 0 Å². The van der Waals surface area contributed by atoms with Gasteiger partial charge in [-0.15, -0.1) is 33.7 Å². The van der Waals surface area contributed by atoms with Gasteiger partial charge in [0.25, 0.3) is 0 Å². The van der Waals surface area contributed by atoms with Crippen LogP contribution in [0, 0.1) is 0 Å². The van der Waals surface area contributed by atoms with Crippen molar-refractivity contribution < 1.29 is 10.2 Å². The lowest BCUT2D eigenvalue weighted by molar-refractivity contribution is 0.474. The van der Waals surface area contributed by atoms with Gasteiger partial charge in [-0.2, -0.15) is 0 Å². The van der Waals surface area contributed by atoms with Crippen LogP contribution >= 0.6 is 23.5 Å². The molecule has 3 rings (SSSR count). The van der Waals surface area contributed by atoms with Gasteiger partial charge in [0, 0.05) is 48.2 Å². The van der Waals surface area contributed by atoms with E-state index in [0.717, 1.165) is 21.6 Å². The first kappa shape index (κ1) is 21.9. The van der Waals surface area contributed by atoms with Crippen LogP contribution in [0.5, 0.6) is 11.5 Å². The van der Waals surface area contributed by atoms with Gasteiger partial charge in [0.05, 0.1) is 0 Å². The fourth-order valence-corrected chi connectivity index (χ4v) is 3.72. The van der Waals surface area contributed by atoms with Gasteiger partial charge in [-0.3, -0.25) is 9.98 Å². The summed E-state index contributed by atoms with van der Waals surface area (Å²) in [5.74, 6) is 2.03. The Hall–Kier alpha value is -2.84. The zero-order chi connectivity index (χ0) is 21.0. The highest BCUT2D eigenvalue weighted by Crippen LogP contribution is 2.19. The van der Waals surface area contributed by atoms with Gasteiger partial charge in [0.1, 0.15) is 21.6 Å². The van der Waals surface area contributed by atoms with Crippen LogP contribution in [-0.4, -0.2) is 57.4 Å². The molecule has 0 bridgehead atoms. The molecule has 0 atom stereocenters. The molecule has 2 aromatic carbocycles. The van der Waals surface area contributed by atoms with Crippen LogP contribution in [0.3, 0.4) is 0 Å². The van der Waals surface area contributed by atoms with Crippen LogP contribution in [0.25, 0.3) is 0 Å². The van der Waals surface area contributed by atoms with Crippen LogP contribution in [0.2, 0.25) is 0 Å². The van der Waals surface area contributed by atoms with Crippen molar-refractivity contribution in [2.24, 2.45) is 9.98 Å². The summed E-state index contributed by atoms with van der Waals surface area (Å²) in [6.07, 6.45) is 3.37. The Balaban J connectivity index is 1.34. The van der Waals surface area contributed by atoms with E-state index in [-0.39, 0.29) is 11.5 Å². The Kier molecular flexibility index (Phi) is 8.74. The number of phenolic OH excluding ortho intramolecular Hbond substituents is 2. The Morgan fingerprint density at radius 1 is 0.667 bits per heavy atom. The molecule has 0 fully saturated rings. The normalized spacial score (nSPS) is 11.5. The van der Waals surface area contributed by atoms with E-state index in [1.54, 1.807) is 60.2 Å². The fourth-order valence-electron chi connectivity index (χ4n) is 2.39. The van der Waals surface area contributed by atoms with E-state index in [1.807, 2.05) is 36.4 Å². The molecule has 1 heterocycles. The van der Waals surface area contributed by atoms with Crippen molar-refractivity contribution in [3.8, 4) is 11.5 Å². The average molecular weight is 439 g/mol. The number of aliphatic imine (C=N–C) groups is 2. The molecule has 0 amide bonds. The molecule has 154 valence electrons. The van der Waals surface area contributed by atoms with Crippen molar-refractivity contribution in [3.05, 3.63) is 71.8 Å². The molecular weight excluding hydrogens is 416 g/mol.